The summed E-state index contributed by atoms with van der Waals surface area (Å²) in [4.78, 5) is -1.44. The maximum Gasteiger partial charge on any atom is 1.00 e. The topological polar surface area (TPSA) is 66.4 Å². The SMILES string of the molecule is O=S(=O)([O-])c1ccc(OC(F)(/C(=C(\F)C(F)(C(F)(F)F)C(F)(F)F)C(F)(F)F)C(F)(F)C(F)(F)F)cc1.[Na+]. The largest absolute Gasteiger partial charge is 1.00 e. The van der Waals surface area contributed by atoms with E-state index in [1.54, 1.807) is 0 Å². The average Bonchev–Trinajstić information content (AvgIpc) is 2.62. The van der Waals surface area contributed by atoms with E-state index in [1.807, 2.05) is 0 Å². The molecule has 0 bridgehead atoms. The maximum atomic E-state index is 15.0. The molecule has 0 aliphatic carbocycles. The molecule has 0 aromatic heterocycles. The van der Waals surface area contributed by atoms with E-state index in [4.69, 9.17) is 0 Å². The Morgan fingerprint density at radius 1 is 0.684 bits per heavy atom. The van der Waals surface area contributed by atoms with E-state index in [2.05, 4.69) is 4.74 Å². The van der Waals surface area contributed by atoms with Gasteiger partial charge in [-0.1, -0.05) is 0 Å². The van der Waals surface area contributed by atoms with Gasteiger partial charge in [0.2, 0.25) is 0 Å². The van der Waals surface area contributed by atoms with Gasteiger partial charge in [-0.25, -0.2) is 17.2 Å². The zero-order valence-electron chi connectivity index (χ0n) is 17.3. The number of hydrogen-bond donors (Lipinski definition) is 0. The van der Waals surface area contributed by atoms with Crippen LogP contribution in [0.15, 0.2) is 40.6 Å². The second kappa shape index (κ2) is 10.5. The van der Waals surface area contributed by atoms with Crippen LogP contribution in [0.4, 0.5) is 74.6 Å². The molecule has 0 N–H and O–H groups in total. The van der Waals surface area contributed by atoms with Gasteiger partial charge in [0.15, 0.2) is 11.4 Å². The summed E-state index contributed by atoms with van der Waals surface area (Å²) in [6.45, 7) is 0. The predicted molar refractivity (Wildman–Crippen MR) is 80.0 cm³/mol. The van der Waals surface area contributed by atoms with Crippen LogP contribution < -0.4 is 34.3 Å². The smallest absolute Gasteiger partial charge is 0.744 e. The van der Waals surface area contributed by atoms with Crippen molar-refractivity contribution in [1.82, 2.24) is 0 Å². The van der Waals surface area contributed by atoms with Crippen LogP contribution in [0.5, 0.6) is 5.75 Å². The van der Waals surface area contributed by atoms with Crippen molar-refractivity contribution in [2.75, 3.05) is 0 Å². The van der Waals surface area contributed by atoms with Crippen LogP contribution in [0.2, 0.25) is 0 Å². The van der Waals surface area contributed by atoms with Crippen molar-refractivity contribution in [1.29, 1.82) is 0 Å². The Kier molecular flexibility index (Phi) is 10.0. The van der Waals surface area contributed by atoms with Gasteiger partial charge in [-0.2, -0.15) is 65.9 Å². The van der Waals surface area contributed by atoms with Gasteiger partial charge in [-0.05, 0) is 24.3 Å². The maximum absolute atomic E-state index is 15.0. The molecule has 1 aromatic rings. The third kappa shape index (κ3) is 6.44. The first-order chi connectivity index (χ1) is 16.0. The Hall–Kier alpha value is -1.52. The number of halogens is 17. The molecule has 0 saturated heterocycles. The minimum absolute atomic E-state index is 0. The third-order valence-electron chi connectivity index (χ3n) is 4.04. The molecule has 0 saturated carbocycles. The standard InChI is InChI=1S/C15H5F17O4S.Na/c16-8(9(17,13(24,25)26)14(27,28)29)7(11(19,20)21)10(18,12(22,23)15(30,31)32)36-5-1-3-6(4-2-5)37(33,34)35;/h1-4H,(H,33,34,35);/q;+1/p-1/b8-7+;. The zero-order valence-corrected chi connectivity index (χ0v) is 20.1. The summed E-state index contributed by atoms with van der Waals surface area (Å²) in [7, 11) is -5.50. The third-order valence-corrected chi connectivity index (χ3v) is 4.89. The minimum Gasteiger partial charge on any atom is -0.744 e. The summed E-state index contributed by atoms with van der Waals surface area (Å²) in [6, 6.07) is -1.06. The van der Waals surface area contributed by atoms with Gasteiger partial charge in [-0.3, -0.25) is 0 Å². The molecular formula is C15H4F17NaO4S. The van der Waals surface area contributed by atoms with Crippen LogP contribution >= 0.6 is 0 Å². The van der Waals surface area contributed by atoms with Crippen molar-refractivity contribution in [3.8, 4) is 5.75 Å². The molecule has 0 aliphatic heterocycles. The van der Waals surface area contributed by atoms with Gasteiger partial charge in [0.05, 0.1) is 4.90 Å². The molecule has 214 valence electrons. The molecule has 1 rings (SSSR count). The Labute approximate surface area is 220 Å². The first-order valence-corrected chi connectivity index (χ1v) is 9.55. The summed E-state index contributed by atoms with van der Waals surface area (Å²) < 4.78 is 261. The summed E-state index contributed by atoms with van der Waals surface area (Å²) in [5, 5.41) is 0. The van der Waals surface area contributed by atoms with Gasteiger partial charge < -0.3 is 9.29 Å². The van der Waals surface area contributed by atoms with E-state index in [9.17, 15) is 83.2 Å². The molecule has 0 heterocycles. The van der Waals surface area contributed by atoms with Crippen molar-refractivity contribution >= 4 is 10.1 Å². The predicted octanol–water partition coefficient (Wildman–Crippen LogP) is 3.46. The summed E-state index contributed by atoms with van der Waals surface area (Å²) in [6.07, 6.45) is -31.2. The zero-order chi connectivity index (χ0) is 29.8. The number of ether oxygens (including phenoxy) is 1. The Morgan fingerprint density at radius 2 is 1.05 bits per heavy atom. The van der Waals surface area contributed by atoms with Crippen LogP contribution in [0, 0.1) is 0 Å². The molecule has 1 aromatic carbocycles. The molecule has 0 aliphatic rings. The second-order valence-electron chi connectivity index (χ2n) is 6.54. The normalized spacial score (nSPS) is 16.8. The van der Waals surface area contributed by atoms with Crippen LogP contribution in [0.25, 0.3) is 0 Å². The summed E-state index contributed by atoms with van der Waals surface area (Å²) in [5.41, 5.74) is -13.4. The second-order valence-corrected chi connectivity index (χ2v) is 7.92. The van der Waals surface area contributed by atoms with E-state index < -0.39 is 74.3 Å². The summed E-state index contributed by atoms with van der Waals surface area (Å²) >= 11 is 0. The monoisotopic (exact) mass is 626 g/mol. The molecule has 23 heteroatoms. The van der Waals surface area contributed by atoms with Crippen molar-refractivity contribution in [3.63, 3.8) is 0 Å². The summed E-state index contributed by atoms with van der Waals surface area (Å²) in [5.74, 6) is -23.1. The number of allylic oxidation sites excluding steroid dienone is 1. The van der Waals surface area contributed by atoms with Crippen molar-refractivity contribution in [2.24, 2.45) is 0 Å². The number of hydrogen-bond acceptors (Lipinski definition) is 4. The quantitative estimate of drug-likeness (QED) is 0.276. The van der Waals surface area contributed by atoms with Crippen molar-refractivity contribution < 1.29 is 122 Å². The molecule has 0 fully saturated rings. The first-order valence-electron chi connectivity index (χ1n) is 8.15. The van der Waals surface area contributed by atoms with Crippen LogP contribution in [-0.2, 0) is 10.1 Å². The fourth-order valence-electron chi connectivity index (χ4n) is 2.32. The number of alkyl halides is 16. The average molecular weight is 626 g/mol. The fourth-order valence-corrected chi connectivity index (χ4v) is 2.79. The first kappa shape index (κ1) is 36.5. The molecule has 0 radical (unpaired) electrons. The molecule has 4 nitrogen and oxygen atoms in total. The van der Waals surface area contributed by atoms with E-state index >= 15 is 4.39 Å². The number of benzene rings is 1. The van der Waals surface area contributed by atoms with E-state index in [0.29, 0.717) is 0 Å². The Morgan fingerprint density at radius 3 is 1.32 bits per heavy atom. The van der Waals surface area contributed by atoms with Crippen LogP contribution in [-0.4, -0.2) is 55.1 Å². The van der Waals surface area contributed by atoms with Gasteiger partial charge in [0.1, 0.15) is 15.9 Å². The molecule has 0 spiro atoms. The molecule has 38 heavy (non-hydrogen) atoms. The fraction of sp³-hybridized carbons (Fsp3) is 0.467. The molecule has 0 amide bonds. The molecule has 1 unspecified atom stereocenters. The Balaban J connectivity index is 0.0000137. The van der Waals surface area contributed by atoms with Gasteiger partial charge >= 0.3 is 71.7 Å². The van der Waals surface area contributed by atoms with Crippen molar-refractivity contribution in [2.45, 2.75) is 47.0 Å². The van der Waals surface area contributed by atoms with E-state index in [1.165, 1.54) is 0 Å². The van der Waals surface area contributed by atoms with Gasteiger partial charge in [0.25, 0.3) is 0 Å². The van der Waals surface area contributed by atoms with Gasteiger partial charge in [-0.15, -0.1) is 0 Å². The van der Waals surface area contributed by atoms with E-state index in [0.717, 1.165) is 0 Å². The van der Waals surface area contributed by atoms with Crippen LogP contribution in [0.1, 0.15) is 0 Å². The van der Waals surface area contributed by atoms with Gasteiger partial charge in [0, 0.05) is 0 Å². The molecular weight excluding hydrogens is 622 g/mol. The van der Waals surface area contributed by atoms with Crippen molar-refractivity contribution in [3.05, 3.63) is 35.7 Å². The Bertz CT molecular complexity index is 1120. The number of rotatable bonds is 6. The van der Waals surface area contributed by atoms with Crippen LogP contribution in [0.3, 0.4) is 0 Å². The molecule has 1 atom stereocenters. The minimum atomic E-state index is -8.01. The van der Waals surface area contributed by atoms with E-state index in [-0.39, 0.29) is 53.8 Å².